The van der Waals surface area contributed by atoms with Gasteiger partial charge in [-0.1, -0.05) is 32.5 Å². The number of nitrogens with zero attached hydrogens (tertiary/aromatic N) is 1. The summed E-state index contributed by atoms with van der Waals surface area (Å²) in [6.07, 6.45) is 0. The molecular weight excluding hydrogens is 156 g/mol. The Balaban J connectivity index is 2.22. The van der Waals surface area contributed by atoms with Gasteiger partial charge in [0.05, 0.1) is 6.54 Å². The summed E-state index contributed by atoms with van der Waals surface area (Å²) in [6.45, 7) is 8.66. The van der Waals surface area contributed by atoms with Gasteiger partial charge >= 0.3 is 0 Å². The van der Waals surface area contributed by atoms with E-state index in [1.165, 1.54) is 0 Å². The Morgan fingerprint density at radius 2 is 2.27 bits per heavy atom. The number of aliphatic imine (C=N–C) groups is 1. The van der Waals surface area contributed by atoms with Crippen molar-refractivity contribution in [3.63, 3.8) is 0 Å². The minimum Gasteiger partial charge on any atom is -0.364 e. The van der Waals surface area contributed by atoms with Crippen LogP contribution < -0.4 is 5.32 Å². The van der Waals surface area contributed by atoms with E-state index in [1.54, 1.807) is 0 Å². The first-order valence-corrected chi connectivity index (χ1v) is 4.98. The molecule has 1 aliphatic rings. The molecule has 0 aliphatic carbocycles. The maximum Gasteiger partial charge on any atom is 0.156 e. The molecule has 1 aliphatic heterocycles. The molecular formula is C8H16N2S. The fourth-order valence-corrected chi connectivity index (χ4v) is 1.52. The highest BCUT2D eigenvalue weighted by Crippen LogP contribution is 2.13. The highest BCUT2D eigenvalue weighted by atomic mass is 32.2. The van der Waals surface area contributed by atoms with Crippen LogP contribution in [0.15, 0.2) is 4.99 Å². The maximum absolute atomic E-state index is 4.31. The smallest absolute Gasteiger partial charge is 0.156 e. The van der Waals surface area contributed by atoms with Gasteiger partial charge in [0.25, 0.3) is 0 Å². The molecule has 0 atom stereocenters. The fraction of sp³-hybridized carbons (Fsp3) is 0.875. The van der Waals surface area contributed by atoms with E-state index < -0.39 is 0 Å². The SMILES string of the molecule is CC(C)(C)CNC1=NCCS1. The van der Waals surface area contributed by atoms with Crippen LogP contribution in [-0.2, 0) is 0 Å². The largest absolute Gasteiger partial charge is 0.364 e. The van der Waals surface area contributed by atoms with Gasteiger partial charge < -0.3 is 5.32 Å². The van der Waals surface area contributed by atoms with E-state index in [4.69, 9.17) is 0 Å². The Morgan fingerprint density at radius 3 is 2.73 bits per heavy atom. The predicted molar refractivity (Wildman–Crippen MR) is 52.2 cm³/mol. The van der Waals surface area contributed by atoms with Crippen molar-refractivity contribution in [3.05, 3.63) is 0 Å². The summed E-state index contributed by atoms with van der Waals surface area (Å²) in [7, 11) is 0. The van der Waals surface area contributed by atoms with Crippen LogP contribution in [0.5, 0.6) is 0 Å². The van der Waals surface area contributed by atoms with Crippen LogP contribution >= 0.6 is 11.8 Å². The van der Waals surface area contributed by atoms with Crippen LogP contribution in [0.4, 0.5) is 0 Å². The van der Waals surface area contributed by atoms with E-state index in [1.807, 2.05) is 11.8 Å². The Hall–Kier alpha value is -0.180. The van der Waals surface area contributed by atoms with Crippen molar-refractivity contribution in [2.45, 2.75) is 20.8 Å². The zero-order valence-corrected chi connectivity index (χ0v) is 8.29. The number of thioether (sulfide) groups is 1. The lowest BCUT2D eigenvalue weighted by Crippen LogP contribution is -2.29. The molecule has 0 fully saturated rings. The molecule has 0 spiro atoms. The third kappa shape index (κ3) is 3.65. The molecule has 11 heavy (non-hydrogen) atoms. The third-order valence-electron chi connectivity index (χ3n) is 1.36. The number of amidine groups is 1. The molecule has 1 rings (SSSR count). The molecule has 2 nitrogen and oxygen atoms in total. The van der Waals surface area contributed by atoms with Crippen LogP contribution in [0.3, 0.4) is 0 Å². The van der Waals surface area contributed by atoms with Gasteiger partial charge in [-0.15, -0.1) is 0 Å². The maximum atomic E-state index is 4.31. The van der Waals surface area contributed by atoms with Crippen LogP contribution in [0, 0.1) is 5.41 Å². The Labute approximate surface area is 72.9 Å². The lowest BCUT2D eigenvalue weighted by Gasteiger charge is -2.18. The lowest BCUT2D eigenvalue weighted by atomic mass is 9.97. The topological polar surface area (TPSA) is 24.4 Å². The highest BCUT2D eigenvalue weighted by Gasteiger charge is 2.12. The minimum atomic E-state index is 0.353. The molecule has 0 saturated carbocycles. The van der Waals surface area contributed by atoms with Crippen LogP contribution in [0.1, 0.15) is 20.8 Å². The predicted octanol–water partition coefficient (Wildman–Crippen LogP) is 1.72. The van der Waals surface area contributed by atoms with E-state index in [2.05, 4.69) is 31.1 Å². The average Bonchev–Trinajstić information content (AvgIpc) is 2.32. The molecule has 3 heteroatoms. The second kappa shape index (κ2) is 3.48. The van der Waals surface area contributed by atoms with Crippen molar-refractivity contribution in [1.82, 2.24) is 5.32 Å². The normalized spacial score (nSPS) is 18.3. The molecule has 64 valence electrons. The van der Waals surface area contributed by atoms with Gasteiger partial charge in [-0.3, -0.25) is 4.99 Å². The van der Waals surface area contributed by atoms with Gasteiger partial charge in [-0.25, -0.2) is 0 Å². The molecule has 0 unspecified atom stereocenters. The van der Waals surface area contributed by atoms with Gasteiger partial charge in [0.1, 0.15) is 0 Å². The minimum absolute atomic E-state index is 0.353. The summed E-state index contributed by atoms with van der Waals surface area (Å²) in [5.41, 5.74) is 0.353. The van der Waals surface area contributed by atoms with Crippen molar-refractivity contribution >= 4 is 16.9 Å². The molecule has 0 aromatic rings. The third-order valence-corrected chi connectivity index (χ3v) is 2.29. The Morgan fingerprint density at radius 1 is 1.55 bits per heavy atom. The molecule has 1 N–H and O–H groups in total. The van der Waals surface area contributed by atoms with Gasteiger partial charge in [-0.05, 0) is 5.41 Å². The highest BCUT2D eigenvalue weighted by molar-refractivity contribution is 8.14. The van der Waals surface area contributed by atoms with Crippen molar-refractivity contribution in [2.24, 2.45) is 10.4 Å². The quantitative estimate of drug-likeness (QED) is 0.651. The van der Waals surface area contributed by atoms with E-state index >= 15 is 0 Å². The molecule has 0 amide bonds. The first-order chi connectivity index (χ1) is 5.08. The Bertz CT molecular complexity index is 158. The van der Waals surface area contributed by atoms with Crippen molar-refractivity contribution in [1.29, 1.82) is 0 Å². The van der Waals surface area contributed by atoms with Crippen molar-refractivity contribution < 1.29 is 0 Å². The average molecular weight is 172 g/mol. The summed E-state index contributed by atoms with van der Waals surface area (Å²) in [5.74, 6) is 1.15. The monoisotopic (exact) mass is 172 g/mol. The van der Waals surface area contributed by atoms with E-state index in [0.29, 0.717) is 5.41 Å². The second-order valence-corrected chi connectivity index (χ2v) is 5.03. The molecule has 1 heterocycles. The van der Waals surface area contributed by atoms with Crippen molar-refractivity contribution in [2.75, 3.05) is 18.8 Å². The number of hydrogen-bond donors (Lipinski definition) is 1. The van der Waals surface area contributed by atoms with Gasteiger partial charge in [0.15, 0.2) is 5.17 Å². The number of hydrogen-bond acceptors (Lipinski definition) is 3. The molecule has 0 radical (unpaired) electrons. The molecule has 0 bridgehead atoms. The van der Waals surface area contributed by atoms with E-state index in [9.17, 15) is 0 Å². The van der Waals surface area contributed by atoms with Crippen LogP contribution in [0.25, 0.3) is 0 Å². The first kappa shape index (κ1) is 8.91. The standard InChI is InChI=1S/C8H16N2S/c1-8(2,3)6-10-7-9-4-5-11-7/h4-6H2,1-3H3,(H,9,10). The first-order valence-electron chi connectivity index (χ1n) is 3.99. The molecule has 0 saturated heterocycles. The van der Waals surface area contributed by atoms with Crippen molar-refractivity contribution in [3.8, 4) is 0 Å². The van der Waals surface area contributed by atoms with E-state index in [0.717, 1.165) is 24.0 Å². The van der Waals surface area contributed by atoms with Crippen LogP contribution in [0.2, 0.25) is 0 Å². The zero-order chi connectivity index (χ0) is 8.32. The fourth-order valence-electron chi connectivity index (χ4n) is 0.783. The molecule has 0 aromatic carbocycles. The van der Waals surface area contributed by atoms with Gasteiger partial charge in [-0.2, -0.15) is 0 Å². The van der Waals surface area contributed by atoms with Gasteiger partial charge in [0.2, 0.25) is 0 Å². The zero-order valence-electron chi connectivity index (χ0n) is 7.48. The summed E-state index contributed by atoms with van der Waals surface area (Å²) in [4.78, 5) is 4.31. The Kier molecular flexibility index (Phi) is 2.82. The number of rotatable bonds is 1. The summed E-state index contributed by atoms with van der Waals surface area (Å²) in [5, 5.41) is 4.46. The van der Waals surface area contributed by atoms with E-state index in [-0.39, 0.29) is 0 Å². The summed E-state index contributed by atoms with van der Waals surface area (Å²) in [6, 6.07) is 0. The second-order valence-electron chi connectivity index (χ2n) is 3.95. The summed E-state index contributed by atoms with van der Waals surface area (Å²) < 4.78 is 0. The number of nitrogens with one attached hydrogen (secondary N) is 1. The van der Waals surface area contributed by atoms with Crippen LogP contribution in [-0.4, -0.2) is 24.0 Å². The van der Waals surface area contributed by atoms with Gasteiger partial charge in [0, 0.05) is 12.3 Å². The molecule has 0 aromatic heterocycles. The summed E-state index contributed by atoms with van der Waals surface area (Å²) >= 11 is 1.82. The lowest BCUT2D eigenvalue weighted by molar-refractivity contribution is 0.410.